The number of hydrogen-bond acceptors (Lipinski definition) is 2. The molecule has 0 radical (unpaired) electrons. The Kier molecular flexibility index (Phi) is 4.78. The minimum atomic E-state index is -0.428. The summed E-state index contributed by atoms with van der Waals surface area (Å²) in [5, 5.41) is 0. The van der Waals surface area contributed by atoms with Gasteiger partial charge < -0.3 is 4.74 Å². The Hall–Kier alpha value is -0.370. The van der Waals surface area contributed by atoms with Crippen LogP contribution in [0.1, 0.15) is 59.3 Å². The molecule has 1 aliphatic rings. The molecule has 2 heteroatoms. The monoisotopic (exact) mass is 212 g/mol. The maximum atomic E-state index is 12.0. The van der Waals surface area contributed by atoms with Gasteiger partial charge in [0.1, 0.15) is 5.60 Å². The quantitative estimate of drug-likeness (QED) is 0.698. The van der Waals surface area contributed by atoms with Crippen molar-refractivity contribution in [3.8, 4) is 0 Å². The van der Waals surface area contributed by atoms with E-state index < -0.39 is 5.60 Å². The van der Waals surface area contributed by atoms with Crippen molar-refractivity contribution in [2.45, 2.75) is 64.9 Å². The Morgan fingerprint density at radius 2 is 2.20 bits per heavy atom. The van der Waals surface area contributed by atoms with Crippen LogP contribution in [-0.4, -0.2) is 18.0 Å². The van der Waals surface area contributed by atoms with Gasteiger partial charge in [0.2, 0.25) is 0 Å². The summed E-state index contributed by atoms with van der Waals surface area (Å²) in [6.45, 7) is 6.99. The van der Waals surface area contributed by atoms with Crippen LogP contribution in [-0.2, 0) is 9.53 Å². The summed E-state index contributed by atoms with van der Waals surface area (Å²) in [5.41, 5.74) is -0.428. The van der Waals surface area contributed by atoms with Crippen LogP contribution in [0.15, 0.2) is 0 Å². The molecule has 2 unspecified atom stereocenters. The molecule has 2 nitrogen and oxygen atoms in total. The first kappa shape index (κ1) is 12.7. The van der Waals surface area contributed by atoms with E-state index in [0.717, 1.165) is 32.3 Å². The molecule has 15 heavy (non-hydrogen) atoms. The first-order valence-electron chi connectivity index (χ1n) is 6.32. The molecular weight excluding hydrogens is 188 g/mol. The molecule has 0 amide bonds. The molecule has 1 fully saturated rings. The topological polar surface area (TPSA) is 26.3 Å². The van der Waals surface area contributed by atoms with Crippen molar-refractivity contribution in [3.05, 3.63) is 0 Å². The first-order chi connectivity index (χ1) is 7.14. The molecule has 0 aromatic carbocycles. The first-order valence-corrected chi connectivity index (χ1v) is 6.32. The van der Waals surface area contributed by atoms with E-state index in [4.69, 9.17) is 4.74 Å². The number of ketones is 1. The summed E-state index contributed by atoms with van der Waals surface area (Å²) in [7, 11) is 0. The van der Waals surface area contributed by atoms with Crippen LogP contribution in [0.25, 0.3) is 0 Å². The Morgan fingerprint density at radius 1 is 1.47 bits per heavy atom. The van der Waals surface area contributed by atoms with Crippen LogP contribution in [0.3, 0.4) is 0 Å². The molecule has 0 bridgehead atoms. The lowest BCUT2D eigenvalue weighted by molar-refractivity contribution is -0.151. The predicted molar refractivity (Wildman–Crippen MR) is 61.9 cm³/mol. The number of rotatable bonds is 5. The molecule has 88 valence electrons. The van der Waals surface area contributed by atoms with Gasteiger partial charge in [-0.05, 0) is 31.6 Å². The van der Waals surface area contributed by atoms with Gasteiger partial charge in [-0.3, -0.25) is 4.79 Å². The second-order valence-corrected chi connectivity index (χ2v) is 4.82. The average molecular weight is 212 g/mol. The zero-order valence-corrected chi connectivity index (χ0v) is 10.3. The molecule has 0 heterocycles. The predicted octanol–water partition coefficient (Wildman–Crippen LogP) is 3.34. The molecule has 0 aliphatic heterocycles. The van der Waals surface area contributed by atoms with Crippen LogP contribution in [0.2, 0.25) is 0 Å². The van der Waals surface area contributed by atoms with Crippen molar-refractivity contribution in [2.75, 3.05) is 6.61 Å². The third kappa shape index (κ3) is 3.04. The fourth-order valence-electron chi connectivity index (χ4n) is 2.59. The highest BCUT2D eigenvalue weighted by atomic mass is 16.5. The standard InChI is InChI=1S/C13H24O2/c1-4-9-15-13(12(14)5-2)8-6-7-11(3)10-13/h11H,4-10H2,1-3H3. The molecular formula is C13H24O2. The summed E-state index contributed by atoms with van der Waals surface area (Å²) in [5.74, 6) is 0.939. The largest absolute Gasteiger partial charge is 0.367 e. The summed E-state index contributed by atoms with van der Waals surface area (Å²) < 4.78 is 5.89. The van der Waals surface area contributed by atoms with E-state index in [0.29, 0.717) is 18.1 Å². The van der Waals surface area contributed by atoms with Crippen LogP contribution in [0, 0.1) is 5.92 Å². The molecule has 0 aromatic heterocycles. The van der Waals surface area contributed by atoms with Crippen molar-refractivity contribution in [3.63, 3.8) is 0 Å². The van der Waals surface area contributed by atoms with Gasteiger partial charge in [-0.2, -0.15) is 0 Å². The zero-order chi connectivity index (χ0) is 11.3. The highest BCUT2D eigenvalue weighted by molar-refractivity contribution is 5.87. The maximum Gasteiger partial charge on any atom is 0.164 e. The summed E-state index contributed by atoms with van der Waals surface area (Å²) in [4.78, 5) is 12.0. The number of carbonyl (C=O) groups excluding carboxylic acids is 1. The van der Waals surface area contributed by atoms with Crippen LogP contribution < -0.4 is 0 Å². The molecule has 1 aliphatic carbocycles. The molecule has 0 aromatic rings. The summed E-state index contributed by atoms with van der Waals surface area (Å²) in [6.07, 6.45) is 5.85. The van der Waals surface area contributed by atoms with Crippen molar-refractivity contribution >= 4 is 5.78 Å². The lowest BCUT2D eigenvalue weighted by Gasteiger charge is -2.38. The van der Waals surface area contributed by atoms with Gasteiger partial charge in [0.05, 0.1) is 0 Å². The van der Waals surface area contributed by atoms with E-state index in [1.54, 1.807) is 0 Å². The number of carbonyl (C=O) groups is 1. The number of Topliss-reactive ketones (excluding diaryl/α,β-unsaturated/α-hetero) is 1. The fraction of sp³-hybridized carbons (Fsp3) is 0.923. The van der Waals surface area contributed by atoms with Gasteiger partial charge in [-0.1, -0.05) is 27.2 Å². The zero-order valence-electron chi connectivity index (χ0n) is 10.3. The highest BCUT2D eigenvalue weighted by Gasteiger charge is 2.41. The second-order valence-electron chi connectivity index (χ2n) is 4.82. The Bertz CT molecular complexity index is 213. The van der Waals surface area contributed by atoms with E-state index in [1.807, 2.05) is 6.92 Å². The van der Waals surface area contributed by atoms with Gasteiger partial charge in [0, 0.05) is 13.0 Å². The maximum absolute atomic E-state index is 12.0. The molecule has 1 saturated carbocycles. The van der Waals surface area contributed by atoms with Crippen molar-refractivity contribution in [1.29, 1.82) is 0 Å². The number of hydrogen-bond donors (Lipinski definition) is 0. The third-order valence-electron chi connectivity index (χ3n) is 3.37. The van der Waals surface area contributed by atoms with Crippen LogP contribution in [0.5, 0.6) is 0 Å². The van der Waals surface area contributed by atoms with Crippen LogP contribution in [0.4, 0.5) is 0 Å². The van der Waals surface area contributed by atoms with E-state index in [1.165, 1.54) is 6.42 Å². The molecule has 1 rings (SSSR count). The molecule has 2 atom stereocenters. The summed E-state index contributed by atoms with van der Waals surface area (Å²) >= 11 is 0. The average Bonchev–Trinajstić information content (AvgIpc) is 2.25. The molecule has 0 spiro atoms. The third-order valence-corrected chi connectivity index (χ3v) is 3.37. The second kappa shape index (κ2) is 5.64. The Morgan fingerprint density at radius 3 is 2.73 bits per heavy atom. The Balaban J connectivity index is 2.70. The molecule has 0 N–H and O–H groups in total. The SMILES string of the molecule is CCCOC1(C(=O)CC)CCCC(C)C1. The van der Waals surface area contributed by atoms with Crippen molar-refractivity contribution < 1.29 is 9.53 Å². The van der Waals surface area contributed by atoms with Gasteiger partial charge in [-0.15, -0.1) is 0 Å². The Labute approximate surface area is 93.4 Å². The van der Waals surface area contributed by atoms with E-state index in [2.05, 4.69) is 13.8 Å². The van der Waals surface area contributed by atoms with Gasteiger partial charge in [0.15, 0.2) is 5.78 Å². The van der Waals surface area contributed by atoms with E-state index >= 15 is 0 Å². The normalized spacial score (nSPS) is 31.5. The van der Waals surface area contributed by atoms with Gasteiger partial charge >= 0.3 is 0 Å². The van der Waals surface area contributed by atoms with E-state index in [9.17, 15) is 4.79 Å². The fourth-order valence-corrected chi connectivity index (χ4v) is 2.59. The lowest BCUT2D eigenvalue weighted by Crippen LogP contribution is -2.45. The lowest BCUT2D eigenvalue weighted by atomic mass is 9.75. The van der Waals surface area contributed by atoms with E-state index in [-0.39, 0.29) is 0 Å². The highest BCUT2D eigenvalue weighted by Crippen LogP contribution is 2.36. The van der Waals surface area contributed by atoms with Gasteiger partial charge in [0.25, 0.3) is 0 Å². The smallest absolute Gasteiger partial charge is 0.164 e. The van der Waals surface area contributed by atoms with Crippen LogP contribution >= 0.6 is 0 Å². The minimum absolute atomic E-state index is 0.308. The minimum Gasteiger partial charge on any atom is -0.367 e. The summed E-state index contributed by atoms with van der Waals surface area (Å²) in [6, 6.07) is 0. The van der Waals surface area contributed by atoms with Crippen molar-refractivity contribution in [1.82, 2.24) is 0 Å². The number of ether oxygens (including phenoxy) is 1. The van der Waals surface area contributed by atoms with Gasteiger partial charge in [-0.25, -0.2) is 0 Å². The van der Waals surface area contributed by atoms with Crippen molar-refractivity contribution in [2.24, 2.45) is 5.92 Å². The molecule has 0 saturated heterocycles.